The summed E-state index contributed by atoms with van der Waals surface area (Å²) in [5, 5.41) is 2.98. The third-order valence-corrected chi connectivity index (χ3v) is 5.12. The van der Waals surface area contributed by atoms with E-state index in [2.05, 4.69) is 29.2 Å². The number of carbonyl (C=O) groups excluding carboxylic acids is 1. The number of hydrogen-bond donors (Lipinski definition) is 1. The van der Waals surface area contributed by atoms with Gasteiger partial charge >= 0.3 is 6.03 Å². The van der Waals surface area contributed by atoms with E-state index in [4.69, 9.17) is 4.74 Å². The van der Waals surface area contributed by atoms with E-state index in [-0.39, 0.29) is 6.03 Å². The van der Waals surface area contributed by atoms with Crippen LogP contribution in [0.2, 0.25) is 0 Å². The molecule has 0 atom stereocenters. The molecule has 140 valence electrons. The molecule has 0 aromatic heterocycles. The Kier molecular flexibility index (Phi) is 7.08. The van der Waals surface area contributed by atoms with Crippen molar-refractivity contribution in [2.45, 2.75) is 25.8 Å². The number of methoxy groups -OCH3 is 1. The minimum absolute atomic E-state index is 0.0787. The number of nitrogens with one attached hydrogen (secondary N) is 1. The number of carbonyl (C=O) groups is 1. The zero-order chi connectivity index (χ0) is 18.4. The van der Waals surface area contributed by atoms with E-state index in [1.54, 1.807) is 12.0 Å². The third kappa shape index (κ3) is 5.61. The van der Waals surface area contributed by atoms with Crippen molar-refractivity contribution in [1.29, 1.82) is 0 Å². The van der Waals surface area contributed by atoms with Crippen molar-refractivity contribution in [3.63, 3.8) is 0 Å². The predicted octanol–water partition coefficient (Wildman–Crippen LogP) is 2.49. The summed E-state index contributed by atoms with van der Waals surface area (Å²) in [7, 11) is 7.82. The van der Waals surface area contributed by atoms with Crippen LogP contribution >= 0.6 is 0 Å². The molecule has 6 heteroatoms. The molecule has 0 unspecified atom stereocenters. The second-order valence-corrected chi connectivity index (χ2v) is 7.05. The maximum atomic E-state index is 12.4. The Morgan fingerprint density at radius 2 is 1.96 bits per heavy atom. The summed E-state index contributed by atoms with van der Waals surface area (Å²) in [6, 6.07) is 6.20. The van der Waals surface area contributed by atoms with Gasteiger partial charge in [0.1, 0.15) is 5.75 Å². The number of aryl methyl sites for hydroxylation is 1. The fourth-order valence-electron chi connectivity index (χ4n) is 3.14. The molecule has 1 aromatic carbocycles. The highest BCUT2D eigenvalue weighted by atomic mass is 16.5. The van der Waals surface area contributed by atoms with Gasteiger partial charge in [-0.25, -0.2) is 4.79 Å². The SMILES string of the molecule is COc1ccc(NC(=O)N(C)CCN(C)C2CCN(C)CC2)c(C)c1. The fourth-order valence-corrected chi connectivity index (χ4v) is 3.14. The monoisotopic (exact) mass is 348 g/mol. The van der Waals surface area contributed by atoms with E-state index in [0.717, 1.165) is 36.6 Å². The first-order valence-corrected chi connectivity index (χ1v) is 8.96. The van der Waals surface area contributed by atoms with Crippen LogP contribution in [0.25, 0.3) is 0 Å². The molecule has 1 aliphatic rings. The molecule has 2 amide bonds. The van der Waals surface area contributed by atoms with Crippen molar-refractivity contribution in [2.24, 2.45) is 0 Å². The Labute approximate surface area is 151 Å². The van der Waals surface area contributed by atoms with Gasteiger partial charge in [-0.05, 0) is 70.7 Å². The fraction of sp³-hybridized carbons (Fsp3) is 0.632. The molecule has 0 saturated carbocycles. The molecule has 1 fully saturated rings. The first kappa shape index (κ1) is 19.5. The molecule has 0 aliphatic carbocycles. The molecule has 25 heavy (non-hydrogen) atoms. The van der Waals surface area contributed by atoms with Gasteiger partial charge in [0.25, 0.3) is 0 Å². The number of ether oxygens (including phenoxy) is 1. The summed E-state index contributed by atoms with van der Waals surface area (Å²) in [6.07, 6.45) is 2.40. The van der Waals surface area contributed by atoms with Crippen molar-refractivity contribution in [3.05, 3.63) is 23.8 Å². The number of nitrogens with zero attached hydrogens (tertiary/aromatic N) is 3. The number of likely N-dealkylation sites (N-methyl/N-ethyl adjacent to an activating group) is 2. The average Bonchev–Trinajstić information content (AvgIpc) is 2.61. The van der Waals surface area contributed by atoms with Gasteiger partial charge in [-0.1, -0.05) is 0 Å². The smallest absolute Gasteiger partial charge is 0.321 e. The van der Waals surface area contributed by atoms with Crippen LogP contribution in [0.5, 0.6) is 5.75 Å². The first-order valence-electron chi connectivity index (χ1n) is 8.96. The number of hydrogen-bond acceptors (Lipinski definition) is 4. The van der Waals surface area contributed by atoms with E-state index in [1.807, 2.05) is 32.2 Å². The van der Waals surface area contributed by atoms with Crippen molar-refractivity contribution in [3.8, 4) is 5.75 Å². The minimum Gasteiger partial charge on any atom is -0.497 e. The number of likely N-dealkylation sites (tertiary alicyclic amines) is 1. The molecule has 0 radical (unpaired) electrons. The highest BCUT2D eigenvalue weighted by Crippen LogP contribution is 2.21. The maximum absolute atomic E-state index is 12.4. The quantitative estimate of drug-likeness (QED) is 0.858. The number of benzene rings is 1. The second-order valence-electron chi connectivity index (χ2n) is 7.05. The number of urea groups is 1. The molecular weight excluding hydrogens is 316 g/mol. The van der Waals surface area contributed by atoms with Crippen LogP contribution in [0.4, 0.5) is 10.5 Å². The Balaban J connectivity index is 1.80. The third-order valence-electron chi connectivity index (χ3n) is 5.12. The summed E-state index contributed by atoms with van der Waals surface area (Å²) < 4.78 is 5.20. The zero-order valence-electron chi connectivity index (χ0n) is 16.2. The van der Waals surface area contributed by atoms with E-state index >= 15 is 0 Å². The molecule has 1 N–H and O–H groups in total. The van der Waals surface area contributed by atoms with Crippen LogP contribution in [0.15, 0.2) is 18.2 Å². The van der Waals surface area contributed by atoms with E-state index in [1.165, 1.54) is 12.8 Å². The van der Waals surface area contributed by atoms with E-state index in [9.17, 15) is 4.79 Å². The second kappa shape index (κ2) is 9.06. The van der Waals surface area contributed by atoms with Crippen molar-refractivity contribution in [1.82, 2.24) is 14.7 Å². The number of rotatable bonds is 6. The molecule has 1 aromatic rings. The predicted molar refractivity (Wildman–Crippen MR) is 103 cm³/mol. The lowest BCUT2D eigenvalue weighted by Gasteiger charge is -2.35. The van der Waals surface area contributed by atoms with Crippen LogP contribution in [-0.2, 0) is 0 Å². The summed E-state index contributed by atoms with van der Waals surface area (Å²) in [5.41, 5.74) is 1.81. The van der Waals surface area contributed by atoms with Crippen LogP contribution in [0.3, 0.4) is 0 Å². The van der Waals surface area contributed by atoms with Crippen molar-refractivity contribution < 1.29 is 9.53 Å². The number of amides is 2. The molecule has 1 saturated heterocycles. The summed E-state index contributed by atoms with van der Waals surface area (Å²) in [4.78, 5) is 18.9. The molecular formula is C19H32N4O2. The maximum Gasteiger partial charge on any atom is 0.321 e. The van der Waals surface area contributed by atoms with Gasteiger partial charge in [0.05, 0.1) is 7.11 Å². The summed E-state index contributed by atoms with van der Waals surface area (Å²) >= 11 is 0. The highest BCUT2D eigenvalue weighted by molar-refractivity contribution is 5.90. The molecule has 1 heterocycles. The van der Waals surface area contributed by atoms with Crippen LogP contribution < -0.4 is 10.1 Å². The molecule has 0 bridgehead atoms. The lowest BCUT2D eigenvalue weighted by atomic mass is 10.0. The molecule has 6 nitrogen and oxygen atoms in total. The average molecular weight is 348 g/mol. The van der Waals surface area contributed by atoms with Crippen molar-refractivity contribution >= 4 is 11.7 Å². The first-order chi connectivity index (χ1) is 11.9. The minimum atomic E-state index is -0.0787. The highest BCUT2D eigenvalue weighted by Gasteiger charge is 2.21. The Bertz CT molecular complexity index is 571. The summed E-state index contributed by atoms with van der Waals surface area (Å²) in [6.45, 7) is 5.87. The normalized spacial score (nSPS) is 16.1. The van der Waals surface area contributed by atoms with Gasteiger partial charge in [-0.2, -0.15) is 0 Å². The Hall–Kier alpha value is -1.79. The van der Waals surface area contributed by atoms with Crippen LogP contribution in [-0.4, -0.2) is 81.2 Å². The molecule has 2 rings (SSSR count). The van der Waals surface area contributed by atoms with Crippen LogP contribution in [0, 0.1) is 6.92 Å². The van der Waals surface area contributed by atoms with Gasteiger partial charge < -0.3 is 24.8 Å². The topological polar surface area (TPSA) is 48.1 Å². The Morgan fingerprint density at radius 1 is 1.28 bits per heavy atom. The molecule has 1 aliphatic heterocycles. The largest absolute Gasteiger partial charge is 0.497 e. The van der Waals surface area contributed by atoms with Gasteiger partial charge in [0.15, 0.2) is 0 Å². The van der Waals surface area contributed by atoms with Crippen LogP contribution in [0.1, 0.15) is 18.4 Å². The lowest BCUT2D eigenvalue weighted by Crippen LogP contribution is -2.45. The summed E-state index contributed by atoms with van der Waals surface area (Å²) in [5.74, 6) is 0.795. The van der Waals surface area contributed by atoms with Crippen molar-refractivity contribution in [2.75, 3.05) is 59.7 Å². The molecule has 0 spiro atoms. The van der Waals surface area contributed by atoms with Gasteiger partial charge in [0.2, 0.25) is 0 Å². The van der Waals surface area contributed by atoms with Gasteiger partial charge in [0, 0.05) is 31.9 Å². The Morgan fingerprint density at radius 3 is 2.56 bits per heavy atom. The van der Waals surface area contributed by atoms with E-state index < -0.39 is 0 Å². The van der Waals surface area contributed by atoms with E-state index in [0.29, 0.717) is 12.6 Å². The lowest BCUT2D eigenvalue weighted by molar-refractivity contribution is 0.136. The standard InChI is InChI=1S/C19H32N4O2/c1-15-14-17(25-5)6-7-18(15)20-19(24)23(4)13-12-22(3)16-8-10-21(2)11-9-16/h6-7,14,16H,8-13H2,1-5H3,(H,20,24). The number of piperidine rings is 1. The van der Waals surface area contributed by atoms with Gasteiger partial charge in [-0.15, -0.1) is 0 Å². The van der Waals surface area contributed by atoms with Gasteiger partial charge in [-0.3, -0.25) is 0 Å². The zero-order valence-corrected chi connectivity index (χ0v) is 16.2. The number of anilines is 1.